The van der Waals surface area contributed by atoms with Crippen molar-refractivity contribution in [1.82, 2.24) is 15.5 Å². The average molecular weight is 303 g/mol. The van der Waals surface area contributed by atoms with Gasteiger partial charge in [0.05, 0.1) is 11.9 Å². The van der Waals surface area contributed by atoms with Gasteiger partial charge in [-0.3, -0.25) is 5.10 Å². The summed E-state index contributed by atoms with van der Waals surface area (Å²) in [4.78, 5) is 0. The van der Waals surface area contributed by atoms with Crippen molar-refractivity contribution in [3.63, 3.8) is 0 Å². The third kappa shape index (κ3) is 2.91. The van der Waals surface area contributed by atoms with E-state index < -0.39 is 0 Å². The molecule has 1 saturated carbocycles. The SMILES string of the molecule is CC1(CO)CCCC1NCc1cn[nH]c1-c1ccc(F)cc1. The van der Waals surface area contributed by atoms with Crippen LogP contribution < -0.4 is 5.32 Å². The minimum atomic E-state index is -0.243. The second-order valence-corrected chi connectivity index (χ2v) is 6.41. The molecule has 0 saturated heterocycles. The van der Waals surface area contributed by atoms with E-state index in [4.69, 9.17) is 0 Å². The first-order valence-corrected chi connectivity index (χ1v) is 7.75. The van der Waals surface area contributed by atoms with Crippen LogP contribution in [0.15, 0.2) is 30.5 Å². The second-order valence-electron chi connectivity index (χ2n) is 6.41. The Morgan fingerprint density at radius 3 is 2.91 bits per heavy atom. The highest BCUT2D eigenvalue weighted by molar-refractivity contribution is 5.62. The van der Waals surface area contributed by atoms with Crippen molar-refractivity contribution in [2.75, 3.05) is 6.61 Å². The maximum absolute atomic E-state index is 13.0. The first-order valence-electron chi connectivity index (χ1n) is 7.75. The van der Waals surface area contributed by atoms with Gasteiger partial charge in [-0.05, 0) is 37.1 Å². The number of benzene rings is 1. The summed E-state index contributed by atoms with van der Waals surface area (Å²) in [6.07, 6.45) is 5.08. The van der Waals surface area contributed by atoms with E-state index in [1.54, 1.807) is 18.3 Å². The van der Waals surface area contributed by atoms with Gasteiger partial charge in [0.25, 0.3) is 0 Å². The number of aliphatic hydroxyl groups excluding tert-OH is 1. The van der Waals surface area contributed by atoms with Crippen molar-refractivity contribution in [1.29, 1.82) is 0 Å². The molecule has 0 radical (unpaired) electrons. The zero-order valence-corrected chi connectivity index (χ0v) is 12.8. The van der Waals surface area contributed by atoms with Crippen LogP contribution in [0.3, 0.4) is 0 Å². The van der Waals surface area contributed by atoms with Gasteiger partial charge in [-0.25, -0.2) is 4.39 Å². The topological polar surface area (TPSA) is 60.9 Å². The summed E-state index contributed by atoms with van der Waals surface area (Å²) in [5, 5.41) is 20.3. The van der Waals surface area contributed by atoms with E-state index in [9.17, 15) is 9.50 Å². The highest BCUT2D eigenvalue weighted by atomic mass is 19.1. The summed E-state index contributed by atoms with van der Waals surface area (Å²) < 4.78 is 13.0. The molecule has 118 valence electrons. The van der Waals surface area contributed by atoms with Crippen molar-refractivity contribution >= 4 is 0 Å². The van der Waals surface area contributed by atoms with Gasteiger partial charge in [0.1, 0.15) is 5.82 Å². The summed E-state index contributed by atoms with van der Waals surface area (Å²) >= 11 is 0. The number of aromatic amines is 1. The summed E-state index contributed by atoms with van der Waals surface area (Å²) in [6.45, 7) is 3.03. The third-order valence-corrected chi connectivity index (χ3v) is 4.83. The van der Waals surface area contributed by atoms with E-state index in [-0.39, 0.29) is 17.8 Å². The Balaban J connectivity index is 1.72. The lowest BCUT2D eigenvalue weighted by Crippen LogP contribution is -2.41. The molecule has 0 amide bonds. The molecule has 1 heterocycles. The van der Waals surface area contributed by atoms with Crippen LogP contribution in [-0.4, -0.2) is 28.0 Å². The van der Waals surface area contributed by atoms with Crippen molar-refractivity contribution in [3.8, 4) is 11.3 Å². The summed E-state index contributed by atoms with van der Waals surface area (Å²) in [6, 6.07) is 6.72. The molecule has 1 aromatic carbocycles. The van der Waals surface area contributed by atoms with E-state index >= 15 is 0 Å². The van der Waals surface area contributed by atoms with Crippen molar-refractivity contribution in [2.45, 2.75) is 38.8 Å². The smallest absolute Gasteiger partial charge is 0.123 e. The van der Waals surface area contributed by atoms with Gasteiger partial charge in [0.15, 0.2) is 0 Å². The van der Waals surface area contributed by atoms with Crippen LogP contribution in [0.2, 0.25) is 0 Å². The predicted molar refractivity (Wildman–Crippen MR) is 83.7 cm³/mol. The van der Waals surface area contributed by atoms with Crippen molar-refractivity contribution in [3.05, 3.63) is 41.8 Å². The lowest BCUT2D eigenvalue weighted by atomic mass is 9.85. The maximum Gasteiger partial charge on any atom is 0.123 e. The first-order chi connectivity index (χ1) is 10.6. The molecular weight excluding hydrogens is 281 g/mol. The van der Waals surface area contributed by atoms with E-state index in [1.807, 2.05) is 0 Å². The van der Waals surface area contributed by atoms with E-state index in [1.165, 1.54) is 12.1 Å². The molecule has 1 fully saturated rings. The molecule has 2 atom stereocenters. The van der Waals surface area contributed by atoms with Gasteiger partial charge in [0.2, 0.25) is 0 Å². The fourth-order valence-electron chi connectivity index (χ4n) is 3.32. The maximum atomic E-state index is 13.0. The van der Waals surface area contributed by atoms with Crippen LogP contribution in [0.25, 0.3) is 11.3 Å². The molecule has 22 heavy (non-hydrogen) atoms. The van der Waals surface area contributed by atoms with Gasteiger partial charge in [-0.15, -0.1) is 0 Å². The van der Waals surface area contributed by atoms with E-state index in [0.717, 1.165) is 36.1 Å². The Kier molecular flexibility index (Phi) is 4.27. The summed E-state index contributed by atoms with van der Waals surface area (Å²) in [7, 11) is 0. The van der Waals surface area contributed by atoms with Crippen molar-refractivity contribution < 1.29 is 9.50 Å². The molecule has 4 nitrogen and oxygen atoms in total. The number of nitrogens with zero attached hydrogens (tertiary/aromatic N) is 1. The molecule has 1 aliphatic carbocycles. The molecule has 2 unspecified atom stereocenters. The summed E-state index contributed by atoms with van der Waals surface area (Å²) in [5.41, 5.74) is 2.85. The van der Waals surface area contributed by atoms with Crippen LogP contribution in [0, 0.1) is 11.2 Å². The predicted octanol–water partition coefficient (Wildman–Crippen LogP) is 2.86. The molecule has 2 aromatic rings. The minimum Gasteiger partial charge on any atom is -0.396 e. The molecule has 5 heteroatoms. The van der Waals surface area contributed by atoms with Crippen LogP contribution in [0.1, 0.15) is 31.7 Å². The van der Waals surface area contributed by atoms with Crippen LogP contribution in [-0.2, 0) is 6.54 Å². The zero-order chi connectivity index (χ0) is 15.6. The third-order valence-electron chi connectivity index (χ3n) is 4.83. The standard InChI is InChI=1S/C17H22FN3O/c1-17(11-22)8-2-3-15(17)19-9-13-10-20-21-16(13)12-4-6-14(18)7-5-12/h4-7,10,15,19,22H,2-3,8-9,11H2,1H3,(H,20,21). The molecule has 0 spiro atoms. The number of rotatable bonds is 5. The number of H-pyrrole nitrogens is 1. The molecule has 0 aliphatic heterocycles. The highest BCUT2D eigenvalue weighted by Gasteiger charge is 2.37. The minimum absolute atomic E-state index is 0.0419. The van der Waals surface area contributed by atoms with Crippen LogP contribution in [0.5, 0.6) is 0 Å². The highest BCUT2D eigenvalue weighted by Crippen LogP contribution is 2.37. The average Bonchev–Trinajstić information content (AvgIpc) is 3.13. The molecule has 1 aromatic heterocycles. The van der Waals surface area contributed by atoms with Gasteiger partial charge >= 0.3 is 0 Å². The number of hydrogen-bond acceptors (Lipinski definition) is 3. The number of aromatic nitrogens is 2. The largest absolute Gasteiger partial charge is 0.396 e. The van der Waals surface area contributed by atoms with Crippen LogP contribution >= 0.6 is 0 Å². The lowest BCUT2D eigenvalue weighted by Gasteiger charge is -2.30. The molecule has 3 rings (SSSR count). The Morgan fingerprint density at radius 1 is 1.41 bits per heavy atom. The quantitative estimate of drug-likeness (QED) is 0.796. The number of nitrogens with one attached hydrogen (secondary N) is 2. The molecular formula is C17H22FN3O. The zero-order valence-electron chi connectivity index (χ0n) is 12.8. The molecule has 3 N–H and O–H groups in total. The molecule has 1 aliphatic rings. The number of aliphatic hydroxyl groups is 1. The van der Waals surface area contributed by atoms with Gasteiger partial charge < -0.3 is 10.4 Å². The van der Waals surface area contributed by atoms with E-state index in [0.29, 0.717) is 12.6 Å². The Hall–Kier alpha value is -1.72. The van der Waals surface area contributed by atoms with Gasteiger partial charge in [-0.1, -0.05) is 13.3 Å². The monoisotopic (exact) mass is 303 g/mol. The lowest BCUT2D eigenvalue weighted by molar-refractivity contribution is 0.118. The Morgan fingerprint density at radius 2 is 2.18 bits per heavy atom. The Labute approximate surface area is 129 Å². The fraction of sp³-hybridized carbons (Fsp3) is 0.471. The number of hydrogen-bond donors (Lipinski definition) is 3. The summed E-state index contributed by atoms with van der Waals surface area (Å²) in [5.74, 6) is -0.243. The molecule has 0 bridgehead atoms. The van der Waals surface area contributed by atoms with Crippen LogP contribution in [0.4, 0.5) is 4.39 Å². The Bertz CT molecular complexity index is 625. The normalized spacial score (nSPS) is 24.8. The fourth-order valence-corrected chi connectivity index (χ4v) is 3.32. The van der Waals surface area contributed by atoms with Gasteiger partial charge in [0, 0.05) is 35.7 Å². The first kappa shape index (κ1) is 15.2. The number of halogens is 1. The van der Waals surface area contributed by atoms with Gasteiger partial charge in [-0.2, -0.15) is 5.10 Å². The van der Waals surface area contributed by atoms with Crippen molar-refractivity contribution in [2.24, 2.45) is 5.41 Å². The van der Waals surface area contributed by atoms with E-state index in [2.05, 4.69) is 22.4 Å². The second kappa shape index (κ2) is 6.18.